The fourth-order valence-corrected chi connectivity index (χ4v) is 2.75. The number of hydrogen-bond acceptors (Lipinski definition) is 4. The standard InChI is InChI=1S/C18H22N2O2/c1-14-11-16(21-2)4-5-17(14)18-6-3-15(12-19-18)13-20-7-9-22-10-8-20/h3-6,11-12H,7-10,13H2,1-2H3. The van der Waals surface area contributed by atoms with Crippen LogP contribution in [0.5, 0.6) is 5.75 Å². The number of rotatable bonds is 4. The van der Waals surface area contributed by atoms with Crippen molar-refractivity contribution in [3.8, 4) is 17.0 Å². The van der Waals surface area contributed by atoms with Gasteiger partial charge in [0.1, 0.15) is 5.75 Å². The van der Waals surface area contributed by atoms with Gasteiger partial charge in [-0.3, -0.25) is 9.88 Å². The summed E-state index contributed by atoms with van der Waals surface area (Å²) in [5.74, 6) is 0.880. The van der Waals surface area contributed by atoms with Crippen molar-refractivity contribution in [1.82, 2.24) is 9.88 Å². The number of methoxy groups -OCH3 is 1. The molecule has 0 atom stereocenters. The molecule has 22 heavy (non-hydrogen) atoms. The molecule has 0 saturated carbocycles. The molecule has 2 aromatic rings. The van der Waals surface area contributed by atoms with Crippen LogP contribution in [0.2, 0.25) is 0 Å². The molecule has 4 heteroatoms. The Hall–Kier alpha value is -1.91. The second-order valence-electron chi connectivity index (χ2n) is 5.62. The first-order valence-corrected chi connectivity index (χ1v) is 7.66. The monoisotopic (exact) mass is 298 g/mol. The van der Waals surface area contributed by atoms with E-state index in [1.807, 2.05) is 18.3 Å². The fourth-order valence-electron chi connectivity index (χ4n) is 2.75. The Balaban J connectivity index is 1.73. The van der Waals surface area contributed by atoms with Crippen LogP contribution in [0.1, 0.15) is 11.1 Å². The van der Waals surface area contributed by atoms with Gasteiger partial charge < -0.3 is 9.47 Å². The van der Waals surface area contributed by atoms with Gasteiger partial charge in [-0.1, -0.05) is 6.07 Å². The maximum absolute atomic E-state index is 5.38. The van der Waals surface area contributed by atoms with Gasteiger partial charge in [0.05, 0.1) is 26.0 Å². The summed E-state index contributed by atoms with van der Waals surface area (Å²) in [6.07, 6.45) is 1.98. The summed E-state index contributed by atoms with van der Waals surface area (Å²) in [5.41, 5.74) is 4.58. The summed E-state index contributed by atoms with van der Waals surface area (Å²) in [4.78, 5) is 7.03. The number of morpholine rings is 1. The molecule has 0 spiro atoms. The fraction of sp³-hybridized carbons (Fsp3) is 0.389. The number of aromatic nitrogens is 1. The summed E-state index contributed by atoms with van der Waals surface area (Å²) in [7, 11) is 1.69. The topological polar surface area (TPSA) is 34.6 Å². The van der Waals surface area contributed by atoms with Gasteiger partial charge in [-0.05, 0) is 42.3 Å². The Morgan fingerprint density at radius 2 is 2.00 bits per heavy atom. The van der Waals surface area contributed by atoms with Gasteiger partial charge in [-0.2, -0.15) is 0 Å². The van der Waals surface area contributed by atoms with Gasteiger partial charge in [-0.15, -0.1) is 0 Å². The Bertz CT molecular complexity index is 619. The molecule has 0 unspecified atom stereocenters. The minimum absolute atomic E-state index is 0.830. The largest absolute Gasteiger partial charge is 0.497 e. The molecule has 1 aromatic carbocycles. The minimum atomic E-state index is 0.830. The quantitative estimate of drug-likeness (QED) is 0.869. The van der Waals surface area contributed by atoms with E-state index < -0.39 is 0 Å². The maximum Gasteiger partial charge on any atom is 0.119 e. The van der Waals surface area contributed by atoms with Gasteiger partial charge in [0, 0.05) is 31.4 Å². The van der Waals surface area contributed by atoms with Crippen molar-refractivity contribution >= 4 is 0 Å². The molecular formula is C18H22N2O2. The van der Waals surface area contributed by atoms with Crippen molar-refractivity contribution in [3.63, 3.8) is 0 Å². The number of pyridine rings is 1. The van der Waals surface area contributed by atoms with Crippen molar-refractivity contribution < 1.29 is 9.47 Å². The van der Waals surface area contributed by atoms with E-state index in [0.717, 1.165) is 49.9 Å². The highest BCUT2D eigenvalue weighted by Gasteiger charge is 2.11. The van der Waals surface area contributed by atoms with Crippen molar-refractivity contribution in [3.05, 3.63) is 47.7 Å². The molecule has 0 aliphatic carbocycles. The third-order valence-electron chi connectivity index (χ3n) is 4.04. The average Bonchev–Trinajstić information content (AvgIpc) is 2.56. The van der Waals surface area contributed by atoms with Crippen molar-refractivity contribution in [2.24, 2.45) is 0 Å². The number of benzene rings is 1. The number of ether oxygens (including phenoxy) is 2. The van der Waals surface area contributed by atoms with E-state index in [9.17, 15) is 0 Å². The van der Waals surface area contributed by atoms with Crippen LogP contribution in [0, 0.1) is 6.92 Å². The van der Waals surface area contributed by atoms with Crippen molar-refractivity contribution in [2.45, 2.75) is 13.5 Å². The molecule has 1 aliphatic rings. The van der Waals surface area contributed by atoms with E-state index in [0.29, 0.717) is 0 Å². The van der Waals surface area contributed by atoms with Crippen LogP contribution < -0.4 is 4.74 Å². The summed E-state index contributed by atoms with van der Waals surface area (Å²) in [6.45, 7) is 6.69. The normalized spacial score (nSPS) is 15.7. The first kappa shape index (κ1) is 15.0. The summed E-state index contributed by atoms with van der Waals surface area (Å²) in [5, 5.41) is 0. The molecule has 116 valence electrons. The van der Waals surface area contributed by atoms with Gasteiger partial charge in [0.2, 0.25) is 0 Å². The molecule has 1 aliphatic heterocycles. The minimum Gasteiger partial charge on any atom is -0.497 e. The van der Waals surface area contributed by atoms with E-state index in [1.165, 1.54) is 11.1 Å². The lowest BCUT2D eigenvalue weighted by Crippen LogP contribution is -2.35. The summed E-state index contributed by atoms with van der Waals surface area (Å²) >= 11 is 0. The molecule has 0 bridgehead atoms. The summed E-state index contributed by atoms with van der Waals surface area (Å²) < 4.78 is 10.6. The molecule has 4 nitrogen and oxygen atoms in total. The third-order valence-corrected chi connectivity index (χ3v) is 4.04. The van der Waals surface area contributed by atoms with Crippen LogP contribution in [-0.2, 0) is 11.3 Å². The van der Waals surface area contributed by atoms with Gasteiger partial charge in [0.25, 0.3) is 0 Å². The Morgan fingerprint density at radius 1 is 1.18 bits per heavy atom. The third kappa shape index (κ3) is 3.46. The molecular weight excluding hydrogens is 276 g/mol. The molecule has 1 saturated heterocycles. The molecule has 0 radical (unpaired) electrons. The molecule has 0 amide bonds. The van der Waals surface area contributed by atoms with Crippen LogP contribution in [-0.4, -0.2) is 43.3 Å². The predicted molar refractivity (Wildman–Crippen MR) is 87.1 cm³/mol. The van der Waals surface area contributed by atoms with E-state index in [1.54, 1.807) is 7.11 Å². The van der Waals surface area contributed by atoms with Crippen LogP contribution in [0.4, 0.5) is 0 Å². The highest BCUT2D eigenvalue weighted by molar-refractivity contribution is 5.64. The van der Waals surface area contributed by atoms with E-state index in [2.05, 4.69) is 35.0 Å². The predicted octanol–water partition coefficient (Wildman–Crippen LogP) is 2.90. The zero-order valence-corrected chi connectivity index (χ0v) is 13.2. The lowest BCUT2D eigenvalue weighted by atomic mass is 10.0. The smallest absolute Gasteiger partial charge is 0.119 e. The average molecular weight is 298 g/mol. The Morgan fingerprint density at radius 3 is 2.64 bits per heavy atom. The van der Waals surface area contributed by atoms with Crippen molar-refractivity contribution in [2.75, 3.05) is 33.4 Å². The van der Waals surface area contributed by atoms with Gasteiger partial charge in [0.15, 0.2) is 0 Å². The highest BCUT2D eigenvalue weighted by Crippen LogP contribution is 2.25. The number of nitrogens with zero attached hydrogens (tertiary/aromatic N) is 2. The van der Waals surface area contributed by atoms with Gasteiger partial charge >= 0.3 is 0 Å². The summed E-state index contributed by atoms with van der Waals surface area (Å²) in [6, 6.07) is 10.4. The molecule has 0 N–H and O–H groups in total. The van der Waals surface area contributed by atoms with Crippen LogP contribution >= 0.6 is 0 Å². The van der Waals surface area contributed by atoms with Crippen LogP contribution in [0.3, 0.4) is 0 Å². The molecule has 3 rings (SSSR count). The van der Waals surface area contributed by atoms with Gasteiger partial charge in [-0.25, -0.2) is 0 Å². The Kier molecular flexibility index (Phi) is 4.71. The zero-order valence-electron chi connectivity index (χ0n) is 13.2. The second-order valence-corrected chi connectivity index (χ2v) is 5.62. The van der Waals surface area contributed by atoms with E-state index >= 15 is 0 Å². The molecule has 2 heterocycles. The maximum atomic E-state index is 5.38. The van der Waals surface area contributed by atoms with Crippen molar-refractivity contribution in [1.29, 1.82) is 0 Å². The highest BCUT2D eigenvalue weighted by atomic mass is 16.5. The van der Waals surface area contributed by atoms with Crippen LogP contribution in [0.15, 0.2) is 36.5 Å². The Labute approximate surface area is 131 Å². The van der Waals surface area contributed by atoms with E-state index in [-0.39, 0.29) is 0 Å². The first-order valence-electron chi connectivity index (χ1n) is 7.66. The molecule has 1 aromatic heterocycles. The SMILES string of the molecule is COc1ccc(-c2ccc(CN3CCOCC3)cn2)c(C)c1. The lowest BCUT2D eigenvalue weighted by molar-refractivity contribution is 0.0341. The molecule has 1 fully saturated rings. The zero-order chi connectivity index (χ0) is 15.4. The van der Waals surface area contributed by atoms with Crippen LogP contribution in [0.25, 0.3) is 11.3 Å². The lowest BCUT2D eigenvalue weighted by Gasteiger charge is -2.26. The first-order chi connectivity index (χ1) is 10.8. The second kappa shape index (κ2) is 6.90. The number of aryl methyl sites for hydroxylation is 1. The van der Waals surface area contributed by atoms with E-state index in [4.69, 9.17) is 9.47 Å². The number of hydrogen-bond donors (Lipinski definition) is 0.